The molecule has 2 rings (SSSR count). The largest absolute Gasteiger partial charge is 0.317 e. The summed E-state index contributed by atoms with van der Waals surface area (Å²) < 4.78 is 0. The Hall–Kier alpha value is -0.750. The fourth-order valence-electron chi connectivity index (χ4n) is 2.28. The lowest BCUT2D eigenvalue weighted by molar-refractivity contribution is 0.280. The van der Waals surface area contributed by atoms with E-state index in [2.05, 4.69) is 11.4 Å². The molecule has 1 heterocycles. The summed E-state index contributed by atoms with van der Waals surface area (Å²) in [5.74, 6) is 0. The average molecular weight is 269 g/mol. The number of halogens is 2. The van der Waals surface area contributed by atoms with Crippen LogP contribution in [0.25, 0.3) is 0 Å². The quantitative estimate of drug-likeness (QED) is 0.892. The normalized spacial score (nSPS) is 18.6. The highest BCUT2D eigenvalue weighted by Crippen LogP contribution is 2.36. The van der Waals surface area contributed by atoms with E-state index >= 15 is 0 Å². The van der Waals surface area contributed by atoms with Gasteiger partial charge in [-0.2, -0.15) is 5.26 Å². The summed E-state index contributed by atoms with van der Waals surface area (Å²) in [6.07, 6.45) is 2.42. The van der Waals surface area contributed by atoms with Gasteiger partial charge in [0.2, 0.25) is 0 Å². The van der Waals surface area contributed by atoms with Crippen molar-refractivity contribution in [2.45, 2.75) is 19.3 Å². The first-order valence-corrected chi connectivity index (χ1v) is 6.47. The Morgan fingerprint density at radius 3 is 2.65 bits per heavy atom. The van der Waals surface area contributed by atoms with Crippen molar-refractivity contribution in [3.63, 3.8) is 0 Å². The van der Waals surface area contributed by atoms with E-state index in [0.29, 0.717) is 16.5 Å². The Bertz CT molecular complexity index is 445. The van der Waals surface area contributed by atoms with Gasteiger partial charge in [-0.1, -0.05) is 35.3 Å². The molecule has 0 aliphatic carbocycles. The van der Waals surface area contributed by atoms with Gasteiger partial charge in [-0.25, -0.2) is 0 Å². The van der Waals surface area contributed by atoms with Crippen molar-refractivity contribution < 1.29 is 0 Å². The number of nitrogens with zero attached hydrogens (tertiary/aromatic N) is 1. The first kappa shape index (κ1) is 12.7. The molecule has 17 heavy (non-hydrogen) atoms. The maximum atomic E-state index is 9.41. The Morgan fingerprint density at radius 2 is 2.00 bits per heavy atom. The van der Waals surface area contributed by atoms with Crippen LogP contribution in [0.3, 0.4) is 0 Å². The number of piperidine rings is 1. The van der Waals surface area contributed by atoms with Gasteiger partial charge in [-0.15, -0.1) is 0 Å². The van der Waals surface area contributed by atoms with E-state index in [1.165, 1.54) is 0 Å². The molecule has 90 valence electrons. The zero-order valence-electron chi connectivity index (χ0n) is 9.47. The summed E-state index contributed by atoms with van der Waals surface area (Å²) >= 11 is 12.2. The number of hydrogen-bond donors (Lipinski definition) is 1. The van der Waals surface area contributed by atoms with Gasteiger partial charge in [-0.3, -0.25) is 0 Å². The van der Waals surface area contributed by atoms with E-state index in [4.69, 9.17) is 23.2 Å². The SMILES string of the molecule is N#CC1(Cc2cccc(Cl)c2Cl)CCNCC1. The van der Waals surface area contributed by atoms with Crippen molar-refractivity contribution in [3.8, 4) is 6.07 Å². The molecule has 0 atom stereocenters. The van der Waals surface area contributed by atoms with E-state index in [0.717, 1.165) is 31.5 Å². The van der Waals surface area contributed by atoms with Gasteiger partial charge in [0.25, 0.3) is 0 Å². The van der Waals surface area contributed by atoms with Crippen molar-refractivity contribution in [3.05, 3.63) is 33.8 Å². The first-order chi connectivity index (χ1) is 8.17. The number of rotatable bonds is 2. The third-order valence-electron chi connectivity index (χ3n) is 3.36. The molecule has 1 N–H and O–H groups in total. The fraction of sp³-hybridized carbons (Fsp3) is 0.462. The summed E-state index contributed by atoms with van der Waals surface area (Å²) in [6.45, 7) is 1.79. The van der Waals surface area contributed by atoms with Crippen molar-refractivity contribution in [1.29, 1.82) is 5.26 Å². The first-order valence-electron chi connectivity index (χ1n) is 5.72. The van der Waals surface area contributed by atoms with Gasteiger partial charge in [0.1, 0.15) is 0 Å². The van der Waals surface area contributed by atoms with Crippen LogP contribution in [0.1, 0.15) is 18.4 Å². The highest BCUT2D eigenvalue weighted by atomic mass is 35.5. The second-order valence-electron chi connectivity index (χ2n) is 4.53. The lowest BCUT2D eigenvalue weighted by atomic mass is 9.75. The molecule has 0 saturated carbocycles. The minimum Gasteiger partial charge on any atom is -0.317 e. The van der Waals surface area contributed by atoms with Crippen LogP contribution in [0.4, 0.5) is 0 Å². The molecule has 1 fully saturated rings. The second kappa shape index (κ2) is 5.27. The number of benzene rings is 1. The maximum absolute atomic E-state index is 9.41. The number of nitrogens with one attached hydrogen (secondary N) is 1. The minimum absolute atomic E-state index is 0.292. The van der Waals surface area contributed by atoms with Crippen LogP contribution in [0, 0.1) is 16.7 Å². The predicted molar refractivity (Wildman–Crippen MR) is 70.3 cm³/mol. The zero-order chi connectivity index (χ0) is 12.3. The third-order valence-corrected chi connectivity index (χ3v) is 4.22. The van der Waals surface area contributed by atoms with Gasteiger partial charge in [0, 0.05) is 0 Å². The topological polar surface area (TPSA) is 35.8 Å². The summed E-state index contributed by atoms with van der Waals surface area (Å²) in [5.41, 5.74) is 0.683. The Morgan fingerprint density at radius 1 is 1.29 bits per heavy atom. The highest BCUT2D eigenvalue weighted by molar-refractivity contribution is 6.42. The summed E-state index contributed by atoms with van der Waals surface area (Å²) in [6, 6.07) is 8.08. The molecular formula is C13H14Cl2N2. The van der Waals surface area contributed by atoms with Crippen LogP contribution in [0.15, 0.2) is 18.2 Å². The van der Waals surface area contributed by atoms with Crippen molar-refractivity contribution in [1.82, 2.24) is 5.32 Å². The van der Waals surface area contributed by atoms with E-state index in [-0.39, 0.29) is 5.41 Å². The summed E-state index contributed by atoms with van der Waals surface area (Å²) in [7, 11) is 0. The molecule has 4 heteroatoms. The van der Waals surface area contributed by atoms with Crippen LogP contribution in [-0.4, -0.2) is 13.1 Å². The molecule has 0 amide bonds. The van der Waals surface area contributed by atoms with E-state index in [1.54, 1.807) is 6.07 Å². The summed E-state index contributed by atoms with van der Waals surface area (Å²) in [4.78, 5) is 0. The van der Waals surface area contributed by atoms with Gasteiger partial charge in [0.15, 0.2) is 0 Å². The molecule has 0 aromatic heterocycles. The zero-order valence-corrected chi connectivity index (χ0v) is 11.0. The smallest absolute Gasteiger partial charge is 0.0694 e. The number of hydrogen-bond acceptors (Lipinski definition) is 2. The van der Waals surface area contributed by atoms with Crippen molar-refractivity contribution in [2.75, 3.05) is 13.1 Å². The van der Waals surface area contributed by atoms with E-state index in [9.17, 15) is 5.26 Å². The van der Waals surface area contributed by atoms with Gasteiger partial charge in [0.05, 0.1) is 21.5 Å². The van der Waals surface area contributed by atoms with Gasteiger partial charge in [-0.05, 0) is 44.0 Å². The van der Waals surface area contributed by atoms with Crippen molar-refractivity contribution in [2.24, 2.45) is 5.41 Å². The molecular weight excluding hydrogens is 255 g/mol. The maximum Gasteiger partial charge on any atom is 0.0694 e. The molecule has 0 spiro atoms. The fourth-order valence-corrected chi connectivity index (χ4v) is 2.67. The second-order valence-corrected chi connectivity index (χ2v) is 5.32. The Labute approximate surface area is 112 Å². The third kappa shape index (κ3) is 2.74. The van der Waals surface area contributed by atoms with Crippen LogP contribution >= 0.6 is 23.2 Å². The van der Waals surface area contributed by atoms with Crippen LogP contribution in [0.5, 0.6) is 0 Å². The van der Waals surface area contributed by atoms with E-state index < -0.39 is 0 Å². The Kier molecular flexibility index (Phi) is 3.93. The monoisotopic (exact) mass is 268 g/mol. The predicted octanol–water partition coefficient (Wildman–Crippen LogP) is 3.43. The standard InChI is InChI=1S/C13H14Cl2N2/c14-11-3-1-2-10(12(11)15)8-13(9-16)4-6-17-7-5-13/h1-3,17H,4-8H2. The molecule has 1 aromatic rings. The molecule has 2 nitrogen and oxygen atoms in total. The molecule has 1 saturated heterocycles. The highest BCUT2D eigenvalue weighted by Gasteiger charge is 2.32. The lowest BCUT2D eigenvalue weighted by Gasteiger charge is -2.31. The van der Waals surface area contributed by atoms with Crippen molar-refractivity contribution >= 4 is 23.2 Å². The average Bonchev–Trinajstić information content (AvgIpc) is 2.36. The number of nitriles is 1. The minimum atomic E-state index is -0.292. The molecule has 1 aromatic carbocycles. The summed E-state index contributed by atoms with van der Waals surface area (Å²) in [5, 5.41) is 13.8. The van der Waals surface area contributed by atoms with Gasteiger partial charge >= 0.3 is 0 Å². The van der Waals surface area contributed by atoms with Crippen LogP contribution in [0.2, 0.25) is 10.0 Å². The van der Waals surface area contributed by atoms with E-state index in [1.807, 2.05) is 12.1 Å². The van der Waals surface area contributed by atoms with Crippen LogP contribution in [-0.2, 0) is 6.42 Å². The molecule has 0 radical (unpaired) electrons. The lowest BCUT2D eigenvalue weighted by Crippen LogP contribution is -2.37. The molecule has 1 aliphatic rings. The van der Waals surface area contributed by atoms with Crippen LogP contribution < -0.4 is 5.32 Å². The molecule has 1 aliphatic heterocycles. The molecule has 0 bridgehead atoms. The molecule has 0 unspecified atom stereocenters. The van der Waals surface area contributed by atoms with Gasteiger partial charge < -0.3 is 5.32 Å². The Balaban J connectivity index is 2.24.